The van der Waals surface area contributed by atoms with Crippen molar-refractivity contribution in [2.75, 3.05) is 18.2 Å². The van der Waals surface area contributed by atoms with Crippen LogP contribution in [-0.4, -0.2) is 27.2 Å². The summed E-state index contributed by atoms with van der Waals surface area (Å²) >= 11 is 11.1. The number of halogens is 2. The molecule has 0 fully saturated rings. The predicted molar refractivity (Wildman–Crippen MR) is 101 cm³/mol. The van der Waals surface area contributed by atoms with E-state index in [2.05, 4.69) is 26.1 Å². The van der Waals surface area contributed by atoms with Gasteiger partial charge in [-0.1, -0.05) is 57.5 Å². The first-order valence-corrected chi connectivity index (χ1v) is 9.27. The zero-order chi connectivity index (χ0) is 16.9. The van der Waals surface area contributed by atoms with Crippen molar-refractivity contribution in [2.45, 2.75) is 5.16 Å². The standard InChI is InChI=1S/C16H14BrClN4OS/c17-11-4-3-5-12(10-11)23-8-9-24-16-21-20-15(22(16)19)13-6-1-2-7-14(13)18/h1-7,10H,8-9,19H2. The molecule has 1 aromatic heterocycles. The first kappa shape index (κ1) is 17.1. The highest BCUT2D eigenvalue weighted by atomic mass is 79.9. The molecule has 1 heterocycles. The van der Waals surface area contributed by atoms with Gasteiger partial charge in [0.25, 0.3) is 0 Å². The molecule has 0 aliphatic rings. The van der Waals surface area contributed by atoms with E-state index in [9.17, 15) is 0 Å². The monoisotopic (exact) mass is 424 g/mol. The number of nitrogen functional groups attached to an aromatic ring is 1. The zero-order valence-electron chi connectivity index (χ0n) is 12.5. The fraction of sp³-hybridized carbons (Fsp3) is 0.125. The van der Waals surface area contributed by atoms with Crippen LogP contribution in [0.1, 0.15) is 0 Å². The van der Waals surface area contributed by atoms with Crippen LogP contribution >= 0.6 is 39.3 Å². The Balaban J connectivity index is 1.60. The summed E-state index contributed by atoms with van der Waals surface area (Å²) in [5.41, 5.74) is 0.756. The Hall–Kier alpha value is -1.70. The zero-order valence-corrected chi connectivity index (χ0v) is 15.7. The maximum atomic E-state index is 6.18. The summed E-state index contributed by atoms with van der Waals surface area (Å²) in [6.07, 6.45) is 0. The van der Waals surface area contributed by atoms with Gasteiger partial charge in [-0.05, 0) is 30.3 Å². The molecule has 0 spiro atoms. The number of aromatic nitrogens is 3. The first-order chi connectivity index (χ1) is 11.6. The molecule has 0 radical (unpaired) electrons. The van der Waals surface area contributed by atoms with Crippen LogP contribution in [-0.2, 0) is 0 Å². The van der Waals surface area contributed by atoms with E-state index < -0.39 is 0 Å². The summed E-state index contributed by atoms with van der Waals surface area (Å²) in [5, 5.41) is 9.45. The average molecular weight is 426 g/mol. The van der Waals surface area contributed by atoms with E-state index in [0.717, 1.165) is 15.8 Å². The second-order valence-electron chi connectivity index (χ2n) is 4.81. The molecule has 0 saturated carbocycles. The molecule has 8 heteroatoms. The molecular formula is C16H14BrClN4OS. The van der Waals surface area contributed by atoms with Gasteiger partial charge in [0.1, 0.15) is 5.75 Å². The van der Waals surface area contributed by atoms with Gasteiger partial charge < -0.3 is 10.6 Å². The van der Waals surface area contributed by atoms with E-state index in [1.54, 1.807) is 6.07 Å². The predicted octanol–water partition coefficient (Wildman–Crippen LogP) is 4.25. The van der Waals surface area contributed by atoms with E-state index in [1.165, 1.54) is 16.4 Å². The van der Waals surface area contributed by atoms with Gasteiger partial charge in [0.15, 0.2) is 5.82 Å². The number of rotatable bonds is 6. The Bertz CT molecular complexity index is 842. The lowest BCUT2D eigenvalue weighted by molar-refractivity contribution is 0.343. The lowest BCUT2D eigenvalue weighted by Gasteiger charge is -2.07. The lowest BCUT2D eigenvalue weighted by Crippen LogP contribution is -2.12. The number of hydrogen-bond acceptors (Lipinski definition) is 5. The fourth-order valence-electron chi connectivity index (χ4n) is 2.05. The number of nitrogens with two attached hydrogens (primary N) is 1. The summed E-state index contributed by atoms with van der Waals surface area (Å²) in [6, 6.07) is 15.1. The summed E-state index contributed by atoms with van der Waals surface area (Å²) in [4.78, 5) is 0. The second-order valence-corrected chi connectivity index (χ2v) is 7.20. The van der Waals surface area contributed by atoms with E-state index in [-0.39, 0.29) is 0 Å². The van der Waals surface area contributed by atoms with Crippen LogP contribution in [0.25, 0.3) is 11.4 Å². The molecule has 0 bridgehead atoms. The van der Waals surface area contributed by atoms with Crippen molar-refractivity contribution in [1.29, 1.82) is 0 Å². The Morgan fingerprint density at radius 1 is 1.17 bits per heavy atom. The van der Waals surface area contributed by atoms with Crippen LogP contribution in [0.2, 0.25) is 5.02 Å². The second kappa shape index (κ2) is 7.92. The van der Waals surface area contributed by atoms with Crippen molar-refractivity contribution < 1.29 is 4.74 Å². The smallest absolute Gasteiger partial charge is 0.210 e. The third kappa shape index (κ3) is 4.03. The van der Waals surface area contributed by atoms with Gasteiger partial charge >= 0.3 is 0 Å². The highest BCUT2D eigenvalue weighted by molar-refractivity contribution is 9.10. The normalized spacial score (nSPS) is 10.8. The van der Waals surface area contributed by atoms with Crippen molar-refractivity contribution >= 4 is 39.3 Å². The maximum Gasteiger partial charge on any atom is 0.210 e. The molecule has 2 aromatic carbocycles. The van der Waals surface area contributed by atoms with E-state index >= 15 is 0 Å². The Morgan fingerprint density at radius 3 is 2.79 bits per heavy atom. The van der Waals surface area contributed by atoms with E-state index in [0.29, 0.717) is 28.4 Å². The molecule has 124 valence electrons. The third-order valence-electron chi connectivity index (χ3n) is 3.16. The number of nitrogens with zero attached hydrogens (tertiary/aromatic N) is 3. The minimum Gasteiger partial charge on any atom is -0.493 e. The van der Waals surface area contributed by atoms with Gasteiger partial charge in [-0.3, -0.25) is 0 Å². The van der Waals surface area contributed by atoms with Crippen molar-refractivity contribution in [1.82, 2.24) is 14.9 Å². The van der Waals surface area contributed by atoms with Crippen LogP contribution in [0.4, 0.5) is 0 Å². The van der Waals surface area contributed by atoms with Crippen LogP contribution in [0.15, 0.2) is 58.2 Å². The maximum absolute atomic E-state index is 6.18. The largest absolute Gasteiger partial charge is 0.493 e. The summed E-state index contributed by atoms with van der Waals surface area (Å²) < 4.78 is 8.12. The molecule has 24 heavy (non-hydrogen) atoms. The fourth-order valence-corrected chi connectivity index (χ4v) is 3.32. The Kier molecular flexibility index (Phi) is 5.65. The van der Waals surface area contributed by atoms with Gasteiger partial charge in [-0.25, -0.2) is 4.68 Å². The van der Waals surface area contributed by atoms with Crippen molar-refractivity contribution in [3.8, 4) is 17.1 Å². The van der Waals surface area contributed by atoms with Gasteiger partial charge in [-0.15, -0.1) is 10.2 Å². The van der Waals surface area contributed by atoms with Crippen molar-refractivity contribution in [2.24, 2.45) is 0 Å². The molecule has 0 saturated heterocycles. The van der Waals surface area contributed by atoms with Crippen molar-refractivity contribution in [3.63, 3.8) is 0 Å². The molecule has 3 rings (SSSR count). The van der Waals surface area contributed by atoms with Crippen LogP contribution < -0.4 is 10.6 Å². The quantitative estimate of drug-likeness (QED) is 0.363. The molecular weight excluding hydrogens is 412 g/mol. The van der Waals surface area contributed by atoms with Gasteiger partial charge in [0, 0.05) is 15.8 Å². The molecule has 0 unspecified atom stereocenters. The SMILES string of the molecule is Nn1c(SCCOc2cccc(Br)c2)nnc1-c1ccccc1Cl. The van der Waals surface area contributed by atoms with Gasteiger partial charge in [0.2, 0.25) is 5.16 Å². The topological polar surface area (TPSA) is 66.0 Å². The first-order valence-electron chi connectivity index (χ1n) is 7.11. The lowest BCUT2D eigenvalue weighted by atomic mass is 10.2. The molecule has 0 atom stereocenters. The number of thioether (sulfide) groups is 1. The number of benzene rings is 2. The molecule has 0 aliphatic carbocycles. The average Bonchev–Trinajstić information content (AvgIpc) is 2.93. The Morgan fingerprint density at radius 2 is 2.00 bits per heavy atom. The summed E-state index contributed by atoms with van der Waals surface area (Å²) in [7, 11) is 0. The Labute approximate surface area is 157 Å². The van der Waals surface area contributed by atoms with Crippen LogP contribution in [0.3, 0.4) is 0 Å². The summed E-state index contributed by atoms with van der Waals surface area (Å²) in [5.74, 6) is 8.14. The molecule has 0 aliphatic heterocycles. The minimum atomic E-state index is 0.537. The van der Waals surface area contributed by atoms with Crippen LogP contribution in [0, 0.1) is 0 Å². The minimum absolute atomic E-state index is 0.537. The molecule has 3 aromatic rings. The number of ether oxygens (including phenoxy) is 1. The van der Waals surface area contributed by atoms with E-state index in [4.69, 9.17) is 22.2 Å². The highest BCUT2D eigenvalue weighted by Gasteiger charge is 2.14. The van der Waals surface area contributed by atoms with Crippen molar-refractivity contribution in [3.05, 3.63) is 58.0 Å². The molecule has 0 amide bonds. The van der Waals surface area contributed by atoms with Gasteiger partial charge in [0.05, 0.1) is 11.6 Å². The van der Waals surface area contributed by atoms with Gasteiger partial charge in [-0.2, -0.15) is 0 Å². The van der Waals surface area contributed by atoms with E-state index in [1.807, 2.05) is 42.5 Å². The molecule has 2 N–H and O–H groups in total. The number of hydrogen-bond donors (Lipinski definition) is 1. The third-order valence-corrected chi connectivity index (χ3v) is 4.89. The van der Waals surface area contributed by atoms with Crippen LogP contribution in [0.5, 0.6) is 5.75 Å². The highest BCUT2D eigenvalue weighted by Crippen LogP contribution is 2.27. The summed E-state index contributed by atoms with van der Waals surface area (Å²) in [6.45, 7) is 0.537. The molecule has 5 nitrogen and oxygen atoms in total.